The first-order chi connectivity index (χ1) is 9.15. The largest absolute Gasteiger partial charge is 0.378 e. The third-order valence-corrected chi connectivity index (χ3v) is 3.68. The number of anilines is 1. The molecule has 0 heterocycles. The molecule has 0 spiro atoms. The topological polar surface area (TPSA) is 53.6 Å². The van der Waals surface area contributed by atoms with Gasteiger partial charge >= 0.3 is 0 Å². The summed E-state index contributed by atoms with van der Waals surface area (Å²) >= 11 is 0. The smallest absolute Gasteiger partial charge is 0.188 e. The molecule has 0 unspecified atom stereocenters. The number of hydrogen-bond donors (Lipinski definition) is 2. The minimum absolute atomic E-state index is 0.559. The highest BCUT2D eigenvalue weighted by atomic mass is 15.1. The number of hydrogen-bond acceptors (Lipinski definition) is 2. The maximum Gasteiger partial charge on any atom is 0.188 e. The van der Waals surface area contributed by atoms with Gasteiger partial charge in [0, 0.05) is 26.3 Å². The summed E-state index contributed by atoms with van der Waals surface area (Å²) in [5, 5.41) is 3.20. The van der Waals surface area contributed by atoms with E-state index in [1.54, 1.807) is 0 Å². The minimum Gasteiger partial charge on any atom is -0.378 e. The van der Waals surface area contributed by atoms with E-state index in [0.717, 1.165) is 12.5 Å². The van der Waals surface area contributed by atoms with Crippen molar-refractivity contribution in [1.82, 2.24) is 5.32 Å². The average molecular weight is 260 g/mol. The number of nitrogens with one attached hydrogen (secondary N) is 1. The Kier molecular flexibility index (Phi) is 4.66. The quantitative estimate of drug-likeness (QED) is 0.628. The lowest BCUT2D eigenvalue weighted by molar-refractivity contribution is 0.315. The molecule has 1 fully saturated rings. The van der Waals surface area contributed by atoms with E-state index < -0.39 is 0 Å². The Labute approximate surface area is 115 Å². The molecule has 1 aromatic carbocycles. The molecule has 19 heavy (non-hydrogen) atoms. The molecule has 0 aliphatic heterocycles. The molecular formula is C15H24N4. The summed E-state index contributed by atoms with van der Waals surface area (Å²) in [6, 6.07) is 8.39. The van der Waals surface area contributed by atoms with Gasteiger partial charge in [-0.1, -0.05) is 18.6 Å². The molecule has 2 rings (SSSR count). The van der Waals surface area contributed by atoms with Crippen LogP contribution in [-0.2, 0) is 6.54 Å². The first-order valence-corrected chi connectivity index (χ1v) is 6.95. The molecule has 0 bridgehead atoms. The van der Waals surface area contributed by atoms with Crippen molar-refractivity contribution in [1.29, 1.82) is 0 Å². The van der Waals surface area contributed by atoms with E-state index in [4.69, 9.17) is 5.73 Å². The molecule has 1 aliphatic rings. The maximum absolute atomic E-state index is 5.86. The fraction of sp³-hybridized carbons (Fsp3) is 0.533. The zero-order valence-electron chi connectivity index (χ0n) is 11.9. The lowest BCUT2D eigenvalue weighted by atomic mass is 9.85. The van der Waals surface area contributed by atoms with Crippen LogP contribution < -0.4 is 16.0 Å². The highest BCUT2D eigenvalue weighted by Gasteiger charge is 2.16. The molecule has 0 saturated heterocycles. The summed E-state index contributed by atoms with van der Waals surface area (Å²) < 4.78 is 0. The van der Waals surface area contributed by atoms with Gasteiger partial charge in [0.25, 0.3) is 0 Å². The highest BCUT2D eigenvalue weighted by Crippen LogP contribution is 2.24. The fourth-order valence-electron chi connectivity index (χ4n) is 2.08. The summed E-state index contributed by atoms with van der Waals surface area (Å²) in [5.74, 6) is 1.36. The number of nitrogens with two attached hydrogens (primary N) is 1. The van der Waals surface area contributed by atoms with E-state index in [9.17, 15) is 0 Å². The van der Waals surface area contributed by atoms with Crippen molar-refractivity contribution in [2.24, 2.45) is 16.6 Å². The summed E-state index contributed by atoms with van der Waals surface area (Å²) in [4.78, 5) is 6.45. The summed E-state index contributed by atoms with van der Waals surface area (Å²) in [6.07, 6.45) is 4.01. The van der Waals surface area contributed by atoms with Gasteiger partial charge in [-0.05, 0) is 36.5 Å². The van der Waals surface area contributed by atoms with E-state index >= 15 is 0 Å². The van der Waals surface area contributed by atoms with Crippen molar-refractivity contribution >= 4 is 11.6 Å². The Balaban J connectivity index is 1.79. The normalized spacial score (nSPS) is 16.0. The van der Waals surface area contributed by atoms with Crippen molar-refractivity contribution < 1.29 is 0 Å². The average Bonchev–Trinajstić information content (AvgIpc) is 2.35. The zero-order valence-corrected chi connectivity index (χ0v) is 11.9. The third-order valence-electron chi connectivity index (χ3n) is 3.68. The molecule has 4 heteroatoms. The van der Waals surface area contributed by atoms with Gasteiger partial charge in [-0.25, -0.2) is 4.99 Å². The SMILES string of the molecule is CN(C)c1ccc(CN=C(N)NCC2CCC2)cc1. The molecule has 1 aliphatic carbocycles. The van der Waals surface area contributed by atoms with E-state index in [0.29, 0.717) is 12.5 Å². The lowest BCUT2D eigenvalue weighted by Crippen LogP contribution is -2.37. The molecule has 104 valence electrons. The molecule has 0 amide bonds. The Morgan fingerprint density at radius 1 is 1.32 bits per heavy atom. The first-order valence-electron chi connectivity index (χ1n) is 6.95. The minimum atomic E-state index is 0.559. The Morgan fingerprint density at radius 2 is 2.00 bits per heavy atom. The molecule has 1 saturated carbocycles. The van der Waals surface area contributed by atoms with Gasteiger partial charge in [-0.3, -0.25) is 0 Å². The second-order valence-electron chi connectivity index (χ2n) is 5.44. The van der Waals surface area contributed by atoms with Crippen LogP contribution in [0, 0.1) is 5.92 Å². The number of nitrogens with zero attached hydrogens (tertiary/aromatic N) is 2. The highest BCUT2D eigenvalue weighted by molar-refractivity contribution is 5.77. The Bertz CT molecular complexity index is 418. The first kappa shape index (κ1) is 13.7. The van der Waals surface area contributed by atoms with Crippen molar-refractivity contribution in [3.63, 3.8) is 0 Å². The van der Waals surface area contributed by atoms with Crippen molar-refractivity contribution in [3.8, 4) is 0 Å². The molecule has 0 aromatic heterocycles. The summed E-state index contributed by atoms with van der Waals surface area (Å²) in [6.45, 7) is 1.60. The van der Waals surface area contributed by atoms with Crippen LogP contribution in [0.3, 0.4) is 0 Å². The number of benzene rings is 1. The zero-order chi connectivity index (χ0) is 13.7. The van der Waals surface area contributed by atoms with Crippen LogP contribution in [0.4, 0.5) is 5.69 Å². The van der Waals surface area contributed by atoms with E-state index in [-0.39, 0.29) is 0 Å². The third kappa shape index (κ3) is 4.16. The molecule has 0 radical (unpaired) electrons. The van der Waals surface area contributed by atoms with Crippen LogP contribution in [0.5, 0.6) is 0 Å². The van der Waals surface area contributed by atoms with Gasteiger partial charge in [0.1, 0.15) is 0 Å². The second-order valence-corrected chi connectivity index (χ2v) is 5.44. The second kappa shape index (κ2) is 6.45. The fourth-order valence-corrected chi connectivity index (χ4v) is 2.08. The van der Waals surface area contributed by atoms with Crippen LogP contribution >= 0.6 is 0 Å². The standard InChI is InChI=1S/C15H24N4/c1-19(2)14-8-6-13(7-9-14)11-18-15(16)17-10-12-4-3-5-12/h6-9,12H,3-5,10-11H2,1-2H3,(H3,16,17,18). The maximum atomic E-state index is 5.86. The number of aliphatic imine (C=N–C) groups is 1. The van der Waals surface area contributed by atoms with Crippen molar-refractivity contribution in [3.05, 3.63) is 29.8 Å². The molecule has 4 nitrogen and oxygen atoms in total. The van der Waals surface area contributed by atoms with Crippen molar-refractivity contribution in [2.75, 3.05) is 25.5 Å². The van der Waals surface area contributed by atoms with Crippen LogP contribution in [0.2, 0.25) is 0 Å². The monoisotopic (exact) mass is 260 g/mol. The Hall–Kier alpha value is -1.71. The molecule has 3 N–H and O–H groups in total. The number of guanidine groups is 1. The van der Waals surface area contributed by atoms with E-state index in [1.807, 2.05) is 14.1 Å². The molecule has 0 atom stereocenters. The van der Waals surface area contributed by atoms with E-state index in [1.165, 1.54) is 30.5 Å². The van der Waals surface area contributed by atoms with Crippen LogP contribution in [-0.4, -0.2) is 26.6 Å². The summed E-state index contributed by atoms with van der Waals surface area (Å²) in [7, 11) is 4.07. The van der Waals surface area contributed by atoms with E-state index in [2.05, 4.69) is 39.5 Å². The Morgan fingerprint density at radius 3 is 2.53 bits per heavy atom. The predicted molar refractivity (Wildman–Crippen MR) is 81.4 cm³/mol. The van der Waals surface area contributed by atoms with Crippen molar-refractivity contribution in [2.45, 2.75) is 25.8 Å². The van der Waals surface area contributed by atoms with Gasteiger partial charge in [-0.2, -0.15) is 0 Å². The molecule has 1 aromatic rings. The lowest BCUT2D eigenvalue weighted by Gasteiger charge is -2.25. The van der Waals surface area contributed by atoms with Crippen LogP contribution in [0.25, 0.3) is 0 Å². The molecular weight excluding hydrogens is 236 g/mol. The summed E-state index contributed by atoms with van der Waals surface area (Å²) in [5.41, 5.74) is 8.24. The van der Waals surface area contributed by atoms with Crippen LogP contribution in [0.1, 0.15) is 24.8 Å². The van der Waals surface area contributed by atoms with Crippen LogP contribution in [0.15, 0.2) is 29.3 Å². The van der Waals surface area contributed by atoms with Gasteiger partial charge < -0.3 is 16.0 Å². The number of rotatable bonds is 5. The van der Waals surface area contributed by atoms with Gasteiger partial charge in [0.05, 0.1) is 6.54 Å². The predicted octanol–water partition coefficient (Wildman–Crippen LogP) is 1.96. The van der Waals surface area contributed by atoms with Gasteiger partial charge in [-0.15, -0.1) is 0 Å². The van der Waals surface area contributed by atoms with Gasteiger partial charge in [0.15, 0.2) is 5.96 Å². The van der Waals surface area contributed by atoms with Gasteiger partial charge in [0.2, 0.25) is 0 Å².